The molecule has 29 unspecified atom stereocenters. The van der Waals surface area contributed by atoms with E-state index < -0.39 is 128 Å². The summed E-state index contributed by atoms with van der Waals surface area (Å²) >= 11 is 0. The van der Waals surface area contributed by atoms with E-state index in [1.807, 2.05) is 6.92 Å². The lowest BCUT2D eigenvalue weighted by Gasteiger charge is -2.45. The molecule has 0 spiro atoms. The van der Waals surface area contributed by atoms with E-state index >= 15 is 0 Å². The number of halogens is 14. The quantitative estimate of drug-likeness (QED) is 0.137. The first-order valence-electron chi connectivity index (χ1n) is 46.4. The highest BCUT2D eigenvalue weighted by molar-refractivity contribution is 5.15. The zero-order valence-corrected chi connectivity index (χ0v) is 73.8. The number of methoxy groups -OCH3 is 3. The van der Waals surface area contributed by atoms with E-state index in [1.54, 1.807) is 6.92 Å². The van der Waals surface area contributed by atoms with Crippen LogP contribution in [-0.4, -0.2) is 164 Å². The van der Waals surface area contributed by atoms with Crippen molar-refractivity contribution in [1.82, 2.24) is 0 Å². The van der Waals surface area contributed by atoms with E-state index in [-0.39, 0.29) is 100 Å². The van der Waals surface area contributed by atoms with E-state index in [9.17, 15) is 61.5 Å². The number of ether oxygens (including phenoxy) is 3. The van der Waals surface area contributed by atoms with Gasteiger partial charge in [-0.2, -0.15) is 0 Å². The van der Waals surface area contributed by atoms with Crippen LogP contribution in [-0.2, 0) is 14.2 Å². The number of alkyl halides is 14. The Morgan fingerprint density at radius 1 is 0.212 bits per heavy atom. The third-order valence-corrected chi connectivity index (χ3v) is 33.7. The van der Waals surface area contributed by atoms with Gasteiger partial charge >= 0.3 is 0 Å². The zero-order valence-electron chi connectivity index (χ0n) is 73.8. The molecule has 14 aliphatic carbocycles. The summed E-state index contributed by atoms with van der Waals surface area (Å²) in [5.74, 6) is 5.05. The molecular formula is C94H180F14O10. The Kier molecular flexibility index (Phi) is 49.3. The minimum Gasteiger partial charge on any atom is -0.412 e. The molecule has 24 heteroatoms. The van der Waals surface area contributed by atoms with Gasteiger partial charge in [0.05, 0.1) is 18.3 Å². The predicted molar refractivity (Wildman–Crippen MR) is 460 cm³/mol. The maximum absolute atomic E-state index is 14.9. The average Bonchev–Trinajstić information content (AvgIpc) is 0.776. The minimum atomic E-state index is -1.75. The Morgan fingerprint density at radius 3 is 0.737 bits per heavy atom. The molecule has 0 saturated heterocycles. The molecule has 29 atom stereocenters. The molecule has 0 heterocycles. The Balaban J connectivity index is -0.000000710. The molecule has 10 nitrogen and oxygen atoms in total. The van der Waals surface area contributed by atoms with Gasteiger partial charge < -0.3 is 52.5 Å². The van der Waals surface area contributed by atoms with Crippen LogP contribution in [0, 0.1) is 142 Å². The van der Waals surface area contributed by atoms with Gasteiger partial charge in [-0.05, 0) is 348 Å². The SMILES string of the molecule is CC1CCC(C2CCC(C3CCC(C)C(F)C3F)C(F)C2F)CC1.CC1CCC(C2CCC(C3CCC(C)C(F)C3F)CC2)CC1.COC1CCC(C2=CCC(C)CC2)C(F)C1F.COC1CCC(C2CCC(C3CCC(C)CC3)C(F)C2F)C(F)C1F.COC1CCC(C2CCC(C3CCC(C)CC3)CC2)C(F)C1F.O.O.O.O.O.O.O.[HH].[HH].[HH].[HH].[HH].[HH]. The van der Waals surface area contributed by atoms with Crippen molar-refractivity contribution in [2.24, 2.45) is 142 Å². The summed E-state index contributed by atoms with van der Waals surface area (Å²) in [7, 11) is 4.34. The maximum atomic E-state index is 14.9. The Morgan fingerprint density at radius 2 is 0.424 bits per heavy atom. The smallest absolute Gasteiger partial charge is 0.158 e. The van der Waals surface area contributed by atoms with Crippen molar-refractivity contribution in [2.45, 2.75) is 416 Å². The van der Waals surface area contributed by atoms with Crippen LogP contribution in [0.25, 0.3) is 0 Å². The molecule has 14 rings (SSSR count). The van der Waals surface area contributed by atoms with Crippen LogP contribution in [0.2, 0.25) is 0 Å². The second-order valence-electron chi connectivity index (χ2n) is 40.5. The number of hydrogen-bond acceptors (Lipinski definition) is 3. The molecule has 13 saturated carbocycles. The van der Waals surface area contributed by atoms with Gasteiger partial charge in [0.15, 0.2) is 18.5 Å². The van der Waals surface area contributed by atoms with E-state index in [0.717, 1.165) is 163 Å². The standard InChI is InChI=1S/C20H32F4O.C20H32F4.C20H34F2O.C20H34F2.C14H22F2O.7H2O.6H2/c1-11-3-5-12(6-4-11)13-7-8-14(18(22)17(13)21)15-9-10-16(25-2)20(24)19(15)23;1-11-3-6-13(7-4-11)14-9-10-16(20(24)18(14)22)15-8-5-12(2)17(21)19(15)23;1-13-3-5-14(6-4-13)15-7-9-16(10-8-15)17-11-12-18(23-2)20(22)19(17)21;1-13-3-6-15(7-4-13)16-8-10-17(11-9-16)18-12-5-14(2)19(21)20(18)22;1-9-3-5-10(6-4-9)11-7-8-12(17-2)14(16)13(11)15;;;;;;;;;;;;;/h11-20H,3-10H2,1-2H3;11-20H,3-10H2,1-2H3;13-20H,3-12H2,1-2H3;13-20H,3-12H2,1-2H3;5,9,11-14H,3-4,6-8H2,1-2H3;7*1H2;6*1H. The van der Waals surface area contributed by atoms with Gasteiger partial charge in [-0.3, -0.25) is 0 Å². The van der Waals surface area contributed by atoms with Crippen LogP contribution >= 0.6 is 0 Å². The van der Waals surface area contributed by atoms with E-state index in [1.165, 1.54) is 98.4 Å². The summed E-state index contributed by atoms with van der Waals surface area (Å²) in [5.41, 5.74) is 1.15. The number of allylic oxidation sites excluding steroid dienone is 2. The largest absolute Gasteiger partial charge is 0.412 e. The van der Waals surface area contributed by atoms with Crippen molar-refractivity contribution in [3.63, 3.8) is 0 Å². The summed E-state index contributed by atoms with van der Waals surface area (Å²) in [6, 6.07) is 0. The fraction of sp³-hybridized carbons (Fsp3) is 0.979. The molecule has 14 aliphatic rings. The maximum Gasteiger partial charge on any atom is 0.158 e. The Hall–Kier alpha value is -1.64. The van der Waals surface area contributed by atoms with Gasteiger partial charge in [-0.15, -0.1) is 0 Å². The summed E-state index contributed by atoms with van der Waals surface area (Å²) in [5, 5.41) is 0. The highest BCUT2D eigenvalue weighted by Crippen LogP contribution is 2.54. The Bertz CT molecular complexity index is 2700. The molecule has 0 aromatic rings. The predicted octanol–water partition coefficient (Wildman–Crippen LogP) is 23.5. The van der Waals surface area contributed by atoms with Gasteiger partial charge in [0.1, 0.15) is 67.9 Å². The van der Waals surface area contributed by atoms with Crippen molar-refractivity contribution < 1.29 is 123 Å². The lowest BCUT2D eigenvalue weighted by molar-refractivity contribution is -0.0986. The van der Waals surface area contributed by atoms with Crippen LogP contribution < -0.4 is 0 Å². The summed E-state index contributed by atoms with van der Waals surface area (Å²) in [4.78, 5) is 0. The van der Waals surface area contributed by atoms with Crippen molar-refractivity contribution in [3.8, 4) is 0 Å². The molecular weight excluding hydrogens is 1550 g/mol. The average molecular weight is 1740 g/mol. The van der Waals surface area contributed by atoms with Gasteiger partial charge in [-0.1, -0.05) is 111 Å². The molecule has 13 fully saturated rings. The van der Waals surface area contributed by atoms with E-state index in [0.29, 0.717) is 93.8 Å². The van der Waals surface area contributed by atoms with Crippen molar-refractivity contribution >= 4 is 0 Å². The minimum absolute atomic E-state index is 0. The van der Waals surface area contributed by atoms with Crippen molar-refractivity contribution in [3.05, 3.63) is 11.6 Å². The monoisotopic (exact) mass is 1740 g/mol. The second kappa shape index (κ2) is 52.6. The van der Waals surface area contributed by atoms with Crippen LogP contribution in [0.1, 0.15) is 320 Å². The zero-order chi connectivity index (χ0) is 80.1. The van der Waals surface area contributed by atoms with Crippen LogP contribution in [0.4, 0.5) is 61.5 Å². The van der Waals surface area contributed by atoms with Crippen LogP contribution in [0.3, 0.4) is 0 Å². The summed E-state index contributed by atoms with van der Waals surface area (Å²) in [6.07, 6.45) is 20.3. The fourth-order valence-corrected chi connectivity index (χ4v) is 25.6. The first-order chi connectivity index (χ1) is 53.1. The molecule has 118 heavy (non-hydrogen) atoms. The fourth-order valence-electron chi connectivity index (χ4n) is 25.6. The van der Waals surface area contributed by atoms with Gasteiger partial charge in [0, 0.05) is 35.8 Å². The van der Waals surface area contributed by atoms with Crippen LogP contribution in [0.5, 0.6) is 0 Å². The highest BCUT2D eigenvalue weighted by Gasteiger charge is 2.55. The topological polar surface area (TPSA) is 248 Å². The lowest BCUT2D eigenvalue weighted by Crippen LogP contribution is -2.51. The van der Waals surface area contributed by atoms with Crippen LogP contribution in [0.15, 0.2) is 11.6 Å². The molecule has 14 N–H and O–H groups in total. The van der Waals surface area contributed by atoms with Crippen molar-refractivity contribution in [2.75, 3.05) is 21.3 Å². The third kappa shape index (κ3) is 27.9. The molecule has 0 bridgehead atoms. The van der Waals surface area contributed by atoms with E-state index in [4.69, 9.17) is 14.2 Å². The van der Waals surface area contributed by atoms with Gasteiger partial charge in [0.25, 0.3) is 0 Å². The van der Waals surface area contributed by atoms with E-state index in [2.05, 4.69) is 40.7 Å². The first-order valence-corrected chi connectivity index (χ1v) is 46.4. The molecule has 0 radical (unpaired) electrons. The van der Waals surface area contributed by atoms with Gasteiger partial charge in [-0.25, -0.2) is 61.5 Å². The third-order valence-electron chi connectivity index (χ3n) is 33.7. The normalized spacial score (nSPS) is 47.2. The highest BCUT2D eigenvalue weighted by atomic mass is 19.2. The molecule has 0 aliphatic heterocycles. The summed E-state index contributed by atoms with van der Waals surface area (Å²) in [6.45, 7) is 15.0. The molecule has 714 valence electrons. The summed E-state index contributed by atoms with van der Waals surface area (Å²) < 4.78 is 217. The Labute approximate surface area is 711 Å². The molecule has 0 amide bonds. The number of hydrogen-bond donors (Lipinski definition) is 0. The molecule has 0 aromatic heterocycles. The van der Waals surface area contributed by atoms with Crippen molar-refractivity contribution in [1.29, 1.82) is 0 Å². The number of rotatable bonds is 12. The van der Waals surface area contributed by atoms with Gasteiger partial charge in [0.2, 0.25) is 0 Å². The first kappa shape index (κ1) is 111. The molecule has 0 aromatic carbocycles. The lowest BCUT2D eigenvalue weighted by atomic mass is 9.63. The second-order valence-corrected chi connectivity index (χ2v) is 40.5.